The Hall–Kier alpha value is -0.915. The predicted molar refractivity (Wildman–Crippen MR) is 47.5 cm³/mol. The topological polar surface area (TPSA) is 20.2 Å². The normalized spacial score (nSPS) is 9.91. The van der Waals surface area contributed by atoms with Crippen molar-refractivity contribution < 1.29 is 5.11 Å². The minimum atomic E-state index is 0.191. The van der Waals surface area contributed by atoms with Crippen molar-refractivity contribution in [1.82, 2.24) is 0 Å². The van der Waals surface area contributed by atoms with Crippen molar-refractivity contribution in [2.24, 2.45) is 0 Å². The predicted octanol–water partition coefficient (Wildman–Crippen LogP) is 1.14. The van der Waals surface area contributed by atoms with Gasteiger partial charge in [-0.25, -0.2) is 0 Å². The summed E-state index contributed by atoms with van der Waals surface area (Å²) in [5, 5.41) is 9.20. The quantitative estimate of drug-likeness (QED) is 0.620. The van der Waals surface area contributed by atoms with Crippen LogP contribution in [0.4, 0.5) is 0 Å². The van der Waals surface area contributed by atoms with E-state index >= 15 is 0 Å². The van der Waals surface area contributed by atoms with Crippen molar-refractivity contribution in [2.45, 2.75) is 19.8 Å². The Labute approximate surface area is 68.5 Å². The fourth-order valence-corrected chi connectivity index (χ4v) is 1.03. The van der Waals surface area contributed by atoms with Crippen molar-refractivity contribution in [3.05, 3.63) is 23.8 Å². The summed E-state index contributed by atoms with van der Waals surface area (Å²) in [7, 11) is 5.43. The summed E-state index contributed by atoms with van der Waals surface area (Å²) in [5.41, 5.74) is 1.59. The van der Waals surface area contributed by atoms with E-state index in [1.165, 1.54) is 0 Å². The second kappa shape index (κ2) is 3.47. The third kappa shape index (κ3) is 2.00. The van der Waals surface area contributed by atoms with Crippen LogP contribution < -0.4 is 5.46 Å². The van der Waals surface area contributed by atoms with Crippen LogP contribution in [0.15, 0.2) is 18.2 Å². The summed E-state index contributed by atoms with van der Waals surface area (Å²) in [4.78, 5) is 0. The molecule has 11 heavy (non-hydrogen) atoms. The van der Waals surface area contributed by atoms with Crippen LogP contribution in [0, 0.1) is 0 Å². The van der Waals surface area contributed by atoms with Gasteiger partial charge in [-0.3, -0.25) is 0 Å². The maximum atomic E-state index is 9.20. The number of phenols is 1. The lowest BCUT2D eigenvalue weighted by Gasteiger charge is -2.01. The molecular weight excluding hydrogens is 135 g/mol. The number of phenolic OH excluding ortho intramolecular Hbond substituents is 1. The summed E-state index contributed by atoms with van der Waals surface area (Å²) in [6.07, 6.45) is 2.08. The molecule has 0 aliphatic carbocycles. The Morgan fingerprint density at radius 1 is 1.45 bits per heavy atom. The highest BCUT2D eigenvalue weighted by Crippen LogP contribution is 2.09. The highest BCUT2D eigenvalue weighted by atomic mass is 16.3. The van der Waals surface area contributed by atoms with Gasteiger partial charge in [0.25, 0.3) is 0 Å². The van der Waals surface area contributed by atoms with Crippen LogP contribution in [0.1, 0.15) is 18.9 Å². The molecule has 0 aromatic heterocycles. The molecule has 56 valence electrons. The van der Waals surface area contributed by atoms with E-state index in [1.807, 2.05) is 6.07 Å². The molecule has 0 saturated heterocycles. The van der Waals surface area contributed by atoms with E-state index in [4.69, 9.17) is 7.85 Å². The van der Waals surface area contributed by atoms with Gasteiger partial charge in [0.05, 0.1) is 0 Å². The monoisotopic (exact) mass is 146 g/mol. The fourth-order valence-electron chi connectivity index (χ4n) is 1.03. The molecule has 0 bridgehead atoms. The van der Waals surface area contributed by atoms with E-state index in [2.05, 4.69) is 6.92 Å². The van der Waals surface area contributed by atoms with E-state index in [-0.39, 0.29) is 5.75 Å². The Balaban J connectivity index is 2.86. The first-order valence-electron chi connectivity index (χ1n) is 3.81. The van der Waals surface area contributed by atoms with Crippen LogP contribution in [-0.4, -0.2) is 13.0 Å². The van der Waals surface area contributed by atoms with Crippen LogP contribution >= 0.6 is 0 Å². The Morgan fingerprint density at radius 3 is 2.73 bits per heavy atom. The molecule has 0 aliphatic rings. The smallest absolute Gasteiger partial charge is 0.118 e. The lowest BCUT2D eigenvalue weighted by Crippen LogP contribution is -2.02. The van der Waals surface area contributed by atoms with Gasteiger partial charge in [0, 0.05) is 0 Å². The van der Waals surface area contributed by atoms with Gasteiger partial charge >= 0.3 is 0 Å². The molecule has 0 spiro atoms. The van der Waals surface area contributed by atoms with E-state index < -0.39 is 0 Å². The highest BCUT2D eigenvalue weighted by Gasteiger charge is 1.95. The molecule has 1 aromatic rings. The minimum absolute atomic E-state index is 0.191. The second-order valence-electron chi connectivity index (χ2n) is 2.64. The number of benzene rings is 1. The van der Waals surface area contributed by atoms with Crippen LogP contribution in [0.3, 0.4) is 0 Å². The van der Waals surface area contributed by atoms with Crippen LogP contribution in [0.2, 0.25) is 0 Å². The van der Waals surface area contributed by atoms with Crippen molar-refractivity contribution >= 4 is 13.3 Å². The number of aromatic hydroxyl groups is 1. The zero-order valence-electron chi connectivity index (χ0n) is 6.67. The zero-order chi connectivity index (χ0) is 8.27. The average Bonchev–Trinajstić information content (AvgIpc) is 1.98. The number of hydrogen-bond donors (Lipinski definition) is 1. The SMILES string of the molecule is [B]c1ccc(CCC)cc1O. The van der Waals surface area contributed by atoms with Crippen LogP contribution in [-0.2, 0) is 6.42 Å². The molecule has 1 aromatic carbocycles. The summed E-state index contributed by atoms with van der Waals surface area (Å²) >= 11 is 0. The molecule has 0 aliphatic heterocycles. The van der Waals surface area contributed by atoms with E-state index in [1.54, 1.807) is 12.1 Å². The first-order valence-corrected chi connectivity index (χ1v) is 3.81. The molecule has 0 saturated carbocycles. The molecular formula is C9H11BO. The molecule has 0 heterocycles. The van der Waals surface area contributed by atoms with E-state index in [0.717, 1.165) is 18.4 Å². The summed E-state index contributed by atoms with van der Waals surface area (Å²) < 4.78 is 0. The standard InChI is InChI=1S/C9H11BO/c1-2-3-7-4-5-8(10)9(11)6-7/h4-6,11H,2-3H2,1H3. The Morgan fingerprint density at radius 2 is 2.18 bits per heavy atom. The largest absolute Gasteiger partial charge is 0.509 e. The second-order valence-corrected chi connectivity index (χ2v) is 2.64. The van der Waals surface area contributed by atoms with Gasteiger partial charge in [-0.05, 0) is 18.1 Å². The van der Waals surface area contributed by atoms with Gasteiger partial charge in [-0.2, -0.15) is 0 Å². The summed E-state index contributed by atoms with van der Waals surface area (Å²) in [6, 6.07) is 5.40. The van der Waals surface area contributed by atoms with Gasteiger partial charge in [0.2, 0.25) is 0 Å². The maximum Gasteiger partial charge on any atom is 0.118 e. The lowest BCUT2D eigenvalue weighted by atomic mass is 9.93. The maximum absolute atomic E-state index is 9.20. The van der Waals surface area contributed by atoms with Crippen LogP contribution in [0.25, 0.3) is 0 Å². The molecule has 1 rings (SSSR count). The summed E-state index contributed by atoms with van der Waals surface area (Å²) in [5.74, 6) is 0.191. The Bertz CT molecular complexity index is 245. The molecule has 0 fully saturated rings. The van der Waals surface area contributed by atoms with Crippen molar-refractivity contribution in [3.8, 4) is 5.75 Å². The Kier molecular flexibility index (Phi) is 2.58. The molecule has 0 amide bonds. The number of rotatable bonds is 2. The first kappa shape index (κ1) is 8.18. The minimum Gasteiger partial charge on any atom is -0.509 e. The average molecular weight is 146 g/mol. The molecule has 0 atom stereocenters. The number of aryl methyl sites for hydroxylation is 1. The first-order chi connectivity index (χ1) is 5.24. The van der Waals surface area contributed by atoms with Gasteiger partial charge in [-0.15, -0.1) is 0 Å². The lowest BCUT2D eigenvalue weighted by molar-refractivity contribution is 0.479. The molecule has 1 N–H and O–H groups in total. The molecule has 0 unspecified atom stereocenters. The third-order valence-corrected chi connectivity index (χ3v) is 1.63. The zero-order valence-corrected chi connectivity index (χ0v) is 6.67. The molecule has 1 nitrogen and oxygen atoms in total. The van der Waals surface area contributed by atoms with Crippen molar-refractivity contribution in [3.63, 3.8) is 0 Å². The van der Waals surface area contributed by atoms with Gasteiger partial charge < -0.3 is 5.11 Å². The number of hydrogen-bond acceptors (Lipinski definition) is 1. The molecule has 2 heteroatoms. The van der Waals surface area contributed by atoms with Crippen LogP contribution in [0.5, 0.6) is 5.75 Å². The highest BCUT2D eigenvalue weighted by molar-refractivity contribution is 6.34. The summed E-state index contributed by atoms with van der Waals surface area (Å²) in [6.45, 7) is 2.10. The van der Waals surface area contributed by atoms with Gasteiger partial charge in [0.15, 0.2) is 0 Å². The van der Waals surface area contributed by atoms with E-state index in [9.17, 15) is 5.11 Å². The van der Waals surface area contributed by atoms with Gasteiger partial charge in [-0.1, -0.05) is 30.9 Å². The van der Waals surface area contributed by atoms with E-state index in [0.29, 0.717) is 5.46 Å². The van der Waals surface area contributed by atoms with Crippen molar-refractivity contribution in [2.75, 3.05) is 0 Å². The third-order valence-electron chi connectivity index (χ3n) is 1.63. The fraction of sp³-hybridized carbons (Fsp3) is 0.333. The molecule has 2 radical (unpaired) electrons. The van der Waals surface area contributed by atoms with Crippen molar-refractivity contribution in [1.29, 1.82) is 0 Å². The van der Waals surface area contributed by atoms with Gasteiger partial charge in [0.1, 0.15) is 13.6 Å².